The third-order valence-corrected chi connectivity index (χ3v) is 3.59. The average Bonchev–Trinajstić information content (AvgIpc) is 3.05. The van der Waals surface area contributed by atoms with Gasteiger partial charge in [0.2, 0.25) is 5.69 Å². The fraction of sp³-hybridized carbons (Fsp3) is 0.211. The van der Waals surface area contributed by atoms with Gasteiger partial charge in [0.25, 0.3) is 5.88 Å². The summed E-state index contributed by atoms with van der Waals surface area (Å²) < 4.78 is 17.7. The van der Waals surface area contributed by atoms with Gasteiger partial charge in [0.05, 0.1) is 20.3 Å². The molecule has 26 heavy (non-hydrogen) atoms. The van der Waals surface area contributed by atoms with Gasteiger partial charge < -0.3 is 14.2 Å². The number of carbonyl (C=O) groups excluding carboxylic acids is 1. The van der Waals surface area contributed by atoms with E-state index in [9.17, 15) is 4.79 Å². The molecule has 2 aromatic carbocycles. The van der Waals surface area contributed by atoms with Crippen molar-refractivity contribution in [1.29, 1.82) is 0 Å². The molecule has 0 radical (unpaired) electrons. The van der Waals surface area contributed by atoms with Crippen LogP contribution in [-0.2, 0) is 11.3 Å². The smallest absolute Gasteiger partial charge is 0.364 e. The molecule has 7 nitrogen and oxygen atoms in total. The topological polar surface area (TPSA) is 75.5 Å². The number of hydrogen-bond donors (Lipinski definition) is 0. The van der Waals surface area contributed by atoms with Crippen molar-refractivity contribution in [3.05, 3.63) is 65.9 Å². The van der Waals surface area contributed by atoms with E-state index in [-0.39, 0.29) is 18.2 Å². The molecule has 3 rings (SSSR count). The Labute approximate surface area is 151 Å². The number of ether oxygens (including phenoxy) is 3. The molecule has 0 fully saturated rings. The predicted molar refractivity (Wildman–Crippen MR) is 94.6 cm³/mol. The Morgan fingerprint density at radius 1 is 1.08 bits per heavy atom. The quantitative estimate of drug-likeness (QED) is 0.607. The van der Waals surface area contributed by atoms with E-state index in [1.54, 1.807) is 38.3 Å². The Bertz CT molecular complexity index is 878. The van der Waals surface area contributed by atoms with Gasteiger partial charge in [-0.3, -0.25) is 0 Å². The van der Waals surface area contributed by atoms with Crippen LogP contribution in [0.3, 0.4) is 0 Å². The van der Waals surface area contributed by atoms with Crippen LogP contribution in [0.4, 0.5) is 0 Å². The van der Waals surface area contributed by atoms with Crippen molar-refractivity contribution in [1.82, 2.24) is 15.0 Å². The van der Waals surface area contributed by atoms with Gasteiger partial charge in [-0.2, -0.15) is 0 Å². The van der Waals surface area contributed by atoms with Crippen molar-refractivity contribution in [3.8, 4) is 17.4 Å². The van der Waals surface area contributed by atoms with E-state index in [1.165, 1.54) is 4.68 Å². The fourth-order valence-corrected chi connectivity index (χ4v) is 2.37. The fourth-order valence-electron chi connectivity index (χ4n) is 2.37. The molecule has 0 saturated carbocycles. The lowest BCUT2D eigenvalue weighted by atomic mass is 10.2. The summed E-state index contributed by atoms with van der Waals surface area (Å²) in [6, 6.07) is 16.8. The summed E-state index contributed by atoms with van der Waals surface area (Å²) in [4.78, 5) is 12.2. The molecule has 0 amide bonds. The highest BCUT2D eigenvalue weighted by Gasteiger charge is 2.23. The van der Waals surface area contributed by atoms with E-state index < -0.39 is 5.97 Å². The molecule has 3 aromatic rings. The molecule has 0 bridgehead atoms. The number of carbonyl (C=O) groups is 1. The van der Waals surface area contributed by atoms with Crippen molar-refractivity contribution < 1.29 is 19.0 Å². The SMILES string of the molecule is CCOC(=O)c1nnn(Cc2ccccc2)c1Oc1cccc(OC)c1. The maximum absolute atomic E-state index is 12.2. The number of esters is 1. The molecule has 134 valence electrons. The average molecular weight is 353 g/mol. The zero-order valence-corrected chi connectivity index (χ0v) is 14.6. The van der Waals surface area contributed by atoms with Crippen LogP contribution in [-0.4, -0.2) is 34.7 Å². The lowest BCUT2D eigenvalue weighted by Crippen LogP contribution is -2.09. The first kappa shape index (κ1) is 17.5. The summed E-state index contributed by atoms with van der Waals surface area (Å²) in [5.74, 6) is 0.791. The van der Waals surface area contributed by atoms with Crippen LogP contribution < -0.4 is 9.47 Å². The summed E-state index contributed by atoms with van der Waals surface area (Å²) in [7, 11) is 1.57. The summed E-state index contributed by atoms with van der Waals surface area (Å²) in [6.07, 6.45) is 0. The molecule has 0 aliphatic carbocycles. The summed E-state index contributed by atoms with van der Waals surface area (Å²) in [5.41, 5.74) is 1.04. The Balaban J connectivity index is 1.95. The lowest BCUT2D eigenvalue weighted by Gasteiger charge is -2.10. The standard InChI is InChI=1S/C19H19N3O4/c1-3-25-19(23)17-18(26-16-11-7-10-15(12-16)24-2)22(21-20-17)13-14-8-5-4-6-9-14/h4-12H,3,13H2,1-2H3. The first-order valence-electron chi connectivity index (χ1n) is 8.17. The van der Waals surface area contributed by atoms with Crippen LogP contribution in [0.2, 0.25) is 0 Å². The second-order valence-corrected chi connectivity index (χ2v) is 5.39. The Kier molecular flexibility index (Phi) is 5.48. The molecule has 0 spiro atoms. The highest BCUT2D eigenvalue weighted by atomic mass is 16.5. The van der Waals surface area contributed by atoms with Crippen LogP contribution in [0.25, 0.3) is 0 Å². The second-order valence-electron chi connectivity index (χ2n) is 5.39. The number of aromatic nitrogens is 3. The molecular weight excluding hydrogens is 334 g/mol. The van der Waals surface area contributed by atoms with Crippen LogP contribution in [0.15, 0.2) is 54.6 Å². The lowest BCUT2D eigenvalue weighted by molar-refractivity contribution is 0.0516. The van der Waals surface area contributed by atoms with Crippen molar-refractivity contribution in [2.75, 3.05) is 13.7 Å². The third kappa shape index (κ3) is 4.00. The number of rotatable bonds is 7. The van der Waals surface area contributed by atoms with E-state index >= 15 is 0 Å². The highest BCUT2D eigenvalue weighted by molar-refractivity contribution is 5.89. The van der Waals surface area contributed by atoms with Crippen molar-refractivity contribution >= 4 is 5.97 Å². The van der Waals surface area contributed by atoms with Gasteiger partial charge >= 0.3 is 5.97 Å². The van der Waals surface area contributed by atoms with Crippen molar-refractivity contribution in [3.63, 3.8) is 0 Å². The van der Waals surface area contributed by atoms with Gasteiger partial charge in [0.1, 0.15) is 11.5 Å². The molecule has 1 aromatic heterocycles. The van der Waals surface area contributed by atoms with Gasteiger partial charge in [0.15, 0.2) is 0 Å². The minimum Gasteiger partial charge on any atom is -0.497 e. The monoisotopic (exact) mass is 353 g/mol. The minimum atomic E-state index is -0.579. The Hall–Kier alpha value is -3.35. The predicted octanol–water partition coefficient (Wildman–Crippen LogP) is 3.30. The van der Waals surface area contributed by atoms with Crippen LogP contribution in [0, 0.1) is 0 Å². The molecule has 0 N–H and O–H groups in total. The first-order valence-corrected chi connectivity index (χ1v) is 8.17. The number of nitrogens with zero attached hydrogens (tertiary/aromatic N) is 3. The number of hydrogen-bond acceptors (Lipinski definition) is 6. The second kappa shape index (κ2) is 8.15. The van der Waals surface area contributed by atoms with Crippen LogP contribution in [0.1, 0.15) is 23.0 Å². The van der Waals surface area contributed by atoms with Crippen molar-refractivity contribution in [2.24, 2.45) is 0 Å². The zero-order valence-electron chi connectivity index (χ0n) is 14.6. The molecule has 0 saturated heterocycles. The number of benzene rings is 2. The van der Waals surface area contributed by atoms with Gasteiger partial charge in [-0.05, 0) is 24.6 Å². The normalized spacial score (nSPS) is 10.4. The Morgan fingerprint density at radius 2 is 1.85 bits per heavy atom. The molecule has 7 heteroatoms. The molecule has 0 aliphatic heterocycles. The highest BCUT2D eigenvalue weighted by Crippen LogP contribution is 2.28. The molecule has 1 heterocycles. The minimum absolute atomic E-state index is 0.0330. The maximum atomic E-state index is 12.2. The van der Waals surface area contributed by atoms with E-state index in [4.69, 9.17) is 14.2 Å². The van der Waals surface area contributed by atoms with Gasteiger partial charge in [0, 0.05) is 6.07 Å². The molecule has 0 aliphatic rings. The summed E-state index contributed by atoms with van der Waals surface area (Å²) in [6.45, 7) is 2.38. The molecular formula is C19H19N3O4. The van der Waals surface area contributed by atoms with Crippen LogP contribution in [0.5, 0.6) is 17.4 Å². The van der Waals surface area contributed by atoms with Gasteiger partial charge in [-0.15, -0.1) is 5.10 Å². The van der Waals surface area contributed by atoms with Gasteiger partial charge in [-0.1, -0.05) is 41.6 Å². The van der Waals surface area contributed by atoms with E-state index in [2.05, 4.69) is 10.3 Å². The molecule has 0 atom stereocenters. The summed E-state index contributed by atoms with van der Waals surface area (Å²) >= 11 is 0. The summed E-state index contributed by atoms with van der Waals surface area (Å²) in [5, 5.41) is 8.01. The van der Waals surface area contributed by atoms with E-state index in [0.29, 0.717) is 18.0 Å². The molecule has 0 unspecified atom stereocenters. The number of methoxy groups -OCH3 is 1. The van der Waals surface area contributed by atoms with Gasteiger partial charge in [-0.25, -0.2) is 9.48 Å². The largest absolute Gasteiger partial charge is 0.497 e. The zero-order chi connectivity index (χ0) is 18.4. The Morgan fingerprint density at radius 3 is 2.58 bits per heavy atom. The first-order chi connectivity index (χ1) is 12.7. The van der Waals surface area contributed by atoms with Crippen molar-refractivity contribution in [2.45, 2.75) is 13.5 Å². The van der Waals surface area contributed by atoms with E-state index in [0.717, 1.165) is 5.56 Å². The van der Waals surface area contributed by atoms with E-state index in [1.807, 2.05) is 30.3 Å². The van der Waals surface area contributed by atoms with Crippen LogP contribution >= 0.6 is 0 Å². The maximum Gasteiger partial charge on any atom is 0.364 e. The third-order valence-electron chi connectivity index (χ3n) is 3.59.